The van der Waals surface area contributed by atoms with Crippen molar-refractivity contribution in [3.8, 4) is 0 Å². The summed E-state index contributed by atoms with van der Waals surface area (Å²) in [6, 6.07) is 5.73. The van der Waals surface area contributed by atoms with Gasteiger partial charge in [-0.3, -0.25) is 10.6 Å². The van der Waals surface area contributed by atoms with Crippen molar-refractivity contribution in [3.05, 3.63) is 29.3 Å². The number of hydrazine groups is 1. The molecule has 0 radical (unpaired) electrons. The summed E-state index contributed by atoms with van der Waals surface area (Å²) in [7, 11) is 0. The summed E-state index contributed by atoms with van der Waals surface area (Å²) in [5.41, 5.74) is 5.45. The maximum absolute atomic E-state index is 12.7. The molecule has 20 heavy (non-hydrogen) atoms. The molecule has 3 N–H and O–H groups in total. The van der Waals surface area contributed by atoms with Gasteiger partial charge in [-0.1, -0.05) is 31.9 Å². The quantitative estimate of drug-likeness (QED) is 0.658. The monoisotopic (exact) mass is 275 g/mol. The minimum Gasteiger partial charge on any atom is -0.339 e. The maximum Gasteiger partial charge on any atom is 0.256 e. The summed E-state index contributed by atoms with van der Waals surface area (Å²) in [4.78, 5) is 14.6. The fourth-order valence-corrected chi connectivity index (χ4v) is 2.73. The second kappa shape index (κ2) is 5.83. The zero-order valence-electron chi connectivity index (χ0n) is 12.7. The number of likely N-dealkylation sites (tertiary alicyclic amines) is 1. The molecule has 1 amide bonds. The summed E-state index contributed by atoms with van der Waals surface area (Å²) in [6.45, 7) is 8.20. The van der Waals surface area contributed by atoms with Crippen molar-refractivity contribution in [2.75, 3.05) is 18.5 Å². The first-order valence-electron chi connectivity index (χ1n) is 7.35. The molecule has 2 rings (SSSR count). The van der Waals surface area contributed by atoms with E-state index in [0.717, 1.165) is 31.5 Å². The van der Waals surface area contributed by atoms with Crippen LogP contribution in [0.3, 0.4) is 0 Å². The topological polar surface area (TPSA) is 58.4 Å². The molecule has 0 aliphatic carbocycles. The molecule has 1 aromatic carbocycles. The molecule has 1 aliphatic rings. The van der Waals surface area contributed by atoms with Gasteiger partial charge in [-0.05, 0) is 37.3 Å². The highest BCUT2D eigenvalue weighted by atomic mass is 16.2. The molecule has 0 atom stereocenters. The third kappa shape index (κ3) is 2.96. The SMILES string of the molecule is CCC1(C)CCN(C(=O)c2cc(C)ccc2NN)CC1. The van der Waals surface area contributed by atoms with Gasteiger partial charge in [0.15, 0.2) is 0 Å². The van der Waals surface area contributed by atoms with Crippen molar-refractivity contribution in [2.45, 2.75) is 40.0 Å². The number of anilines is 1. The number of hydrogen-bond donors (Lipinski definition) is 2. The van der Waals surface area contributed by atoms with Gasteiger partial charge in [0.25, 0.3) is 5.91 Å². The molecule has 0 bridgehead atoms. The normalized spacial score (nSPS) is 17.9. The van der Waals surface area contributed by atoms with Crippen molar-refractivity contribution in [1.82, 2.24) is 4.90 Å². The zero-order chi connectivity index (χ0) is 14.8. The van der Waals surface area contributed by atoms with E-state index in [-0.39, 0.29) is 5.91 Å². The van der Waals surface area contributed by atoms with Gasteiger partial charge in [0.2, 0.25) is 0 Å². The summed E-state index contributed by atoms with van der Waals surface area (Å²) in [6.07, 6.45) is 3.33. The Morgan fingerprint density at radius 2 is 2.05 bits per heavy atom. The molecule has 4 heteroatoms. The Bertz CT molecular complexity index is 490. The molecule has 1 aromatic rings. The minimum atomic E-state index is 0.0832. The van der Waals surface area contributed by atoms with E-state index in [1.807, 2.05) is 30.0 Å². The van der Waals surface area contributed by atoms with E-state index in [1.54, 1.807) is 0 Å². The first kappa shape index (κ1) is 14.9. The van der Waals surface area contributed by atoms with Gasteiger partial charge in [-0.15, -0.1) is 0 Å². The number of hydrogen-bond acceptors (Lipinski definition) is 3. The molecule has 1 saturated heterocycles. The summed E-state index contributed by atoms with van der Waals surface area (Å²) < 4.78 is 0. The van der Waals surface area contributed by atoms with E-state index in [2.05, 4.69) is 19.3 Å². The van der Waals surface area contributed by atoms with Gasteiger partial charge >= 0.3 is 0 Å². The lowest BCUT2D eigenvalue weighted by atomic mass is 9.78. The average molecular weight is 275 g/mol. The first-order valence-corrected chi connectivity index (χ1v) is 7.35. The predicted molar refractivity (Wildman–Crippen MR) is 82.5 cm³/mol. The van der Waals surface area contributed by atoms with Gasteiger partial charge in [0.1, 0.15) is 0 Å². The molecule has 1 fully saturated rings. The number of amides is 1. The number of rotatable bonds is 3. The van der Waals surface area contributed by atoms with Crippen LogP contribution >= 0.6 is 0 Å². The number of carbonyl (C=O) groups is 1. The van der Waals surface area contributed by atoms with E-state index in [9.17, 15) is 4.79 Å². The highest BCUT2D eigenvalue weighted by Gasteiger charge is 2.31. The molecule has 0 saturated carbocycles. The Hall–Kier alpha value is -1.55. The molecular weight excluding hydrogens is 250 g/mol. The summed E-state index contributed by atoms with van der Waals surface area (Å²) in [5, 5.41) is 0. The van der Waals surface area contributed by atoms with Crippen LogP contribution in [0.15, 0.2) is 18.2 Å². The fourth-order valence-electron chi connectivity index (χ4n) is 2.73. The standard InChI is InChI=1S/C16H25N3O/c1-4-16(3)7-9-19(10-8-16)15(20)13-11-12(2)5-6-14(13)18-17/h5-6,11,18H,4,7-10,17H2,1-3H3. The van der Waals surface area contributed by atoms with Crippen LogP contribution in [0.5, 0.6) is 0 Å². The van der Waals surface area contributed by atoms with Crippen LogP contribution < -0.4 is 11.3 Å². The van der Waals surface area contributed by atoms with Crippen molar-refractivity contribution in [3.63, 3.8) is 0 Å². The molecule has 1 aliphatic heterocycles. The predicted octanol–water partition coefficient (Wildman–Crippen LogP) is 2.93. The maximum atomic E-state index is 12.7. The lowest BCUT2D eigenvalue weighted by molar-refractivity contribution is 0.0601. The minimum absolute atomic E-state index is 0.0832. The van der Waals surface area contributed by atoms with Crippen LogP contribution in [-0.2, 0) is 0 Å². The van der Waals surface area contributed by atoms with Crippen LogP contribution in [0, 0.1) is 12.3 Å². The number of nitrogens with one attached hydrogen (secondary N) is 1. The lowest BCUT2D eigenvalue weighted by Gasteiger charge is -2.39. The molecule has 110 valence electrons. The molecule has 0 spiro atoms. The van der Waals surface area contributed by atoms with E-state index < -0.39 is 0 Å². The van der Waals surface area contributed by atoms with Crippen LogP contribution in [0.2, 0.25) is 0 Å². The number of aryl methyl sites for hydroxylation is 1. The van der Waals surface area contributed by atoms with Crippen molar-refractivity contribution < 1.29 is 4.79 Å². The van der Waals surface area contributed by atoms with Gasteiger partial charge < -0.3 is 10.3 Å². The van der Waals surface area contributed by atoms with Crippen LogP contribution in [0.1, 0.15) is 49.0 Å². The Balaban J connectivity index is 2.15. The zero-order valence-corrected chi connectivity index (χ0v) is 12.7. The Morgan fingerprint density at radius 1 is 1.40 bits per heavy atom. The van der Waals surface area contributed by atoms with Crippen molar-refractivity contribution >= 4 is 11.6 Å². The second-order valence-corrected chi connectivity index (χ2v) is 6.15. The molecule has 0 aromatic heterocycles. The van der Waals surface area contributed by atoms with Crippen LogP contribution in [0.25, 0.3) is 0 Å². The van der Waals surface area contributed by atoms with Crippen LogP contribution in [0.4, 0.5) is 5.69 Å². The Labute approximate surface area is 121 Å². The second-order valence-electron chi connectivity index (χ2n) is 6.15. The Kier molecular flexibility index (Phi) is 4.33. The van der Waals surface area contributed by atoms with Crippen LogP contribution in [-0.4, -0.2) is 23.9 Å². The van der Waals surface area contributed by atoms with E-state index in [0.29, 0.717) is 16.7 Å². The van der Waals surface area contributed by atoms with Gasteiger partial charge in [-0.25, -0.2) is 0 Å². The number of nitrogens with two attached hydrogens (primary N) is 1. The Morgan fingerprint density at radius 3 is 2.60 bits per heavy atom. The first-order chi connectivity index (χ1) is 9.49. The van der Waals surface area contributed by atoms with Gasteiger partial charge in [-0.2, -0.15) is 0 Å². The summed E-state index contributed by atoms with van der Waals surface area (Å²) in [5.74, 6) is 5.60. The summed E-state index contributed by atoms with van der Waals surface area (Å²) >= 11 is 0. The molecule has 1 heterocycles. The molecule has 4 nitrogen and oxygen atoms in total. The number of piperidine rings is 1. The molecular formula is C16H25N3O. The number of carbonyl (C=O) groups excluding carboxylic acids is 1. The third-order valence-corrected chi connectivity index (χ3v) is 4.67. The average Bonchev–Trinajstić information content (AvgIpc) is 2.47. The van der Waals surface area contributed by atoms with Crippen molar-refractivity contribution in [1.29, 1.82) is 0 Å². The van der Waals surface area contributed by atoms with E-state index >= 15 is 0 Å². The number of nitrogen functional groups attached to an aromatic ring is 1. The number of nitrogens with zero attached hydrogens (tertiary/aromatic N) is 1. The highest BCUT2D eigenvalue weighted by Crippen LogP contribution is 2.34. The van der Waals surface area contributed by atoms with Gasteiger partial charge in [0.05, 0.1) is 11.3 Å². The number of benzene rings is 1. The largest absolute Gasteiger partial charge is 0.339 e. The van der Waals surface area contributed by atoms with E-state index in [4.69, 9.17) is 5.84 Å². The smallest absolute Gasteiger partial charge is 0.256 e. The fraction of sp³-hybridized carbons (Fsp3) is 0.562. The molecule has 0 unspecified atom stereocenters. The third-order valence-electron chi connectivity index (χ3n) is 4.67. The van der Waals surface area contributed by atoms with E-state index in [1.165, 1.54) is 6.42 Å². The van der Waals surface area contributed by atoms with Crippen molar-refractivity contribution in [2.24, 2.45) is 11.3 Å². The van der Waals surface area contributed by atoms with Gasteiger partial charge in [0, 0.05) is 13.1 Å². The lowest BCUT2D eigenvalue weighted by Crippen LogP contribution is -2.42. The highest BCUT2D eigenvalue weighted by molar-refractivity contribution is 5.99.